The minimum Gasteiger partial charge on any atom is -0.492 e. The Bertz CT molecular complexity index is 1500. The fourth-order valence-corrected chi connectivity index (χ4v) is 5.08. The number of carbonyl (C=O) groups excluding carboxylic acids is 1. The summed E-state index contributed by atoms with van der Waals surface area (Å²) in [6.07, 6.45) is 1.11. The van der Waals surface area contributed by atoms with E-state index in [1.165, 1.54) is 0 Å². The molecular formula is C28H29ClN2O5S. The molecule has 4 aromatic rings. The van der Waals surface area contributed by atoms with Crippen molar-refractivity contribution in [3.05, 3.63) is 94.1 Å². The van der Waals surface area contributed by atoms with Gasteiger partial charge in [0.1, 0.15) is 29.6 Å². The van der Waals surface area contributed by atoms with E-state index in [1.807, 2.05) is 56.3 Å². The van der Waals surface area contributed by atoms with Crippen LogP contribution < -0.4 is 14.2 Å². The number of nitrogens with one attached hydrogen (secondary N) is 2. The SMILES string of the molecule is Cc1cc(C)c(Cl)c(OCCCc2c(C(=O)NS(=O)(=O)CCOc3ccccc3)[nH]c3ccccc23)c1. The van der Waals surface area contributed by atoms with Gasteiger partial charge in [-0.3, -0.25) is 4.79 Å². The molecule has 37 heavy (non-hydrogen) atoms. The molecule has 0 fully saturated rings. The average molecular weight is 541 g/mol. The summed E-state index contributed by atoms with van der Waals surface area (Å²) in [5, 5.41) is 1.45. The molecule has 0 saturated heterocycles. The first-order valence-corrected chi connectivity index (χ1v) is 14.0. The molecule has 7 nitrogen and oxygen atoms in total. The summed E-state index contributed by atoms with van der Waals surface area (Å²) in [6, 6.07) is 20.3. The molecule has 9 heteroatoms. The van der Waals surface area contributed by atoms with Gasteiger partial charge in [0.25, 0.3) is 5.91 Å². The first-order valence-electron chi connectivity index (χ1n) is 12.0. The Balaban J connectivity index is 1.42. The number of aromatic amines is 1. The van der Waals surface area contributed by atoms with Crippen molar-refractivity contribution in [3.8, 4) is 11.5 Å². The highest BCUT2D eigenvalue weighted by molar-refractivity contribution is 7.90. The Hall–Kier alpha value is -3.49. The number of aryl methyl sites for hydroxylation is 3. The first kappa shape index (κ1) is 26.6. The summed E-state index contributed by atoms with van der Waals surface area (Å²) in [5.74, 6) is 0.128. The van der Waals surface area contributed by atoms with Crippen LogP contribution in [0.1, 0.15) is 33.6 Å². The molecule has 0 unspecified atom stereocenters. The van der Waals surface area contributed by atoms with Crippen molar-refractivity contribution < 1.29 is 22.7 Å². The van der Waals surface area contributed by atoms with E-state index in [9.17, 15) is 13.2 Å². The van der Waals surface area contributed by atoms with Gasteiger partial charge in [-0.1, -0.05) is 54.1 Å². The molecule has 0 aliphatic carbocycles. The predicted octanol–water partition coefficient (Wildman–Crippen LogP) is 5.59. The van der Waals surface area contributed by atoms with Crippen molar-refractivity contribution in [1.82, 2.24) is 9.71 Å². The second-order valence-electron chi connectivity index (χ2n) is 8.78. The minimum atomic E-state index is -3.91. The highest BCUT2D eigenvalue weighted by Crippen LogP contribution is 2.30. The van der Waals surface area contributed by atoms with Crippen molar-refractivity contribution >= 4 is 38.4 Å². The predicted molar refractivity (Wildman–Crippen MR) is 146 cm³/mol. The van der Waals surface area contributed by atoms with Gasteiger partial charge in [-0.25, -0.2) is 13.1 Å². The number of amides is 1. The minimum absolute atomic E-state index is 0.0789. The average Bonchev–Trinajstić information content (AvgIpc) is 3.23. The maximum atomic E-state index is 13.0. The lowest BCUT2D eigenvalue weighted by Crippen LogP contribution is -2.35. The van der Waals surface area contributed by atoms with E-state index in [4.69, 9.17) is 21.1 Å². The lowest BCUT2D eigenvalue weighted by atomic mass is 10.1. The number of rotatable bonds is 11. The van der Waals surface area contributed by atoms with Gasteiger partial charge in [0, 0.05) is 10.9 Å². The molecule has 3 aromatic carbocycles. The Morgan fingerprint density at radius 2 is 1.70 bits per heavy atom. The Kier molecular flexibility index (Phi) is 8.41. The number of sulfonamides is 1. The fourth-order valence-electron chi connectivity index (χ4n) is 4.13. The first-order chi connectivity index (χ1) is 17.7. The molecule has 0 radical (unpaired) electrons. The van der Waals surface area contributed by atoms with E-state index in [0.29, 0.717) is 36.0 Å². The number of para-hydroxylation sites is 2. The zero-order valence-corrected chi connectivity index (χ0v) is 22.3. The number of benzene rings is 3. The number of hydrogen-bond acceptors (Lipinski definition) is 5. The second kappa shape index (κ2) is 11.7. The molecule has 194 valence electrons. The van der Waals surface area contributed by atoms with Crippen LogP contribution in [0.25, 0.3) is 10.9 Å². The zero-order valence-electron chi connectivity index (χ0n) is 20.7. The molecule has 1 amide bonds. The van der Waals surface area contributed by atoms with Crippen LogP contribution in [0.3, 0.4) is 0 Å². The summed E-state index contributed by atoms with van der Waals surface area (Å²) in [5.41, 5.74) is 3.72. The third-order valence-electron chi connectivity index (χ3n) is 5.85. The summed E-state index contributed by atoms with van der Waals surface area (Å²) < 4.78 is 38.7. The van der Waals surface area contributed by atoms with E-state index in [2.05, 4.69) is 9.71 Å². The molecule has 1 aromatic heterocycles. The highest BCUT2D eigenvalue weighted by Gasteiger charge is 2.22. The van der Waals surface area contributed by atoms with E-state index >= 15 is 0 Å². The topological polar surface area (TPSA) is 97.5 Å². The van der Waals surface area contributed by atoms with E-state index in [0.717, 1.165) is 27.6 Å². The molecule has 0 saturated carbocycles. The summed E-state index contributed by atoms with van der Waals surface area (Å²) in [6.45, 7) is 4.22. The molecule has 0 aliphatic rings. The van der Waals surface area contributed by atoms with Gasteiger partial charge in [-0.15, -0.1) is 0 Å². The van der Waals surface area contributed by atoms with Crippen LogP contribution >= 0.6 is 11.6 Å². The van der Waals surface area contributed by atoms with Gasteiger partial charge >= 0.3 is 0 Å². The standard InChI is InChI=1S/C28H29ClN2O5S/c1-19-17-20(2)26(29)25(18-19)36-14-8-12-23-22-11-6-7-13-24(22)30-27(23)28(32)31-37(33,34)16-15-35-21-9-4-3-5-10-21/h3-7,9-11,13,17-18,30H,8,12,14-16H2,1-2H3,(H,31,32). The number of aromatic nitrogens is 1. The van der Waals surface area contributed by atoms with Crippen LogP contribution in [0, 0.1) is 13.8 Å². The maximum Gasteiger partial charge on any atom is 0.281 e. The van der Waals surface area contributed by atoms with Crippen molar-refractivity contribution in [3.63, 3.8) is 0 Å². The molecule has 0 atom stereocenters. The molecular weight excluding hydrogens is 512 g/mol. The third-order valence-corrected chi connectivity index (χ3v) is 7.53. The van der Waals surface area contributed by atoms with Crippen molar-refractivity contribution in [2.45, 2.75) is 26.7 Å². The van der Waals surface area contributed by atoms with Gasteiger partial charge in [0.05, 0.1) is 11.6 Å². The van der Waals surface area contributed by atoms with Gasteiger partial charge in [-0.2, -0.15) is 0 Å². The van der Waals surface area contributed by atoms with E-state index in [-0.39, 0.29) is 18.1 Å². The van der Waals surface area contributed by atoms with Crippen molar-refractivity contribution in [2.75, 3.05) is 19.0 Å². The van der Waals surface area contributed by atoms with Gasteiger partial charge < -0.3 is 14.5 Å². The van der Waals surface area contributed by atoms with Crippen LogP contribution in [-0.4, -0.2) is 38.3 Å². The molecule has 0 bridgehead atoms. The lowest BCUT2D eigenvalue weighted by molar-refractivity contribution is 0.0976. The largest absolute Gasteiger partial charge is 0.492 e. The molecule has 4 rings (SSSR count). The zero-order chi connectivity index (χ0) is 26.4. The quantitative estimate of drug-likeness (QED) is 0.242. The maximum absolute atomic E-state index is 13.0. The summed E-state index contributed by atoms with van der Waals surface area (Å²) >= 11 is 6.37. The third kappa shape index (κ3) is 6.84. The Labute approximate surface area is 221 Å². The number of hydrogen-bond donors (Lipinski definition) is 2. The van der Waals surface area contributed by atoms with Crippen LogP contribution in [0.2, 0.25) is 5.02 Å². The normalized spacial score (nSPS) is 11.4. The Morgan fingerprint density at radius 3 is 2.49 bits per heavy atom. The monoisotopic (exact) mass is 540 g/mol. The summed E-state index contributed by atoms with van der Waals surface area (Å²) in [7, 11) is -3.91. The van der Waals surface area contributed by atoms with E-state index in [1.54, 1.807) is 24.3 Å². The molecule has 1 heterocycles. The van der Waals surface area contributed by atoms with Crippen LogP contribution in [0.4, 0.5) is 0 Å². The lowest BCUT2D eigenvalue weighted by Gasteiger charge is -2.12. The van der Waals surface area contributed by atoms with Crippen molar-refractivity contribution in [2.24, 2.45) is 0 Å². The van der Waals surface area contributed by atoms with Crippen LogP contribution in [0.5, 0.6) is 11.5 Å². The molecule has 0 aliphatic heterocycles. The second-order valence-corrected chi connectivity index (χ2v) is 11.0. The fraction of sp³-hybridized carbons (Fsp3) is 0.250. The van der Waals surface area contributed by atoms with E-state index < -0.39 is 15.9 Å². The van der Waals surface area contributed by atoms with Gasteiger partial charge in [-0.05, 0) is 67.6 Å². The number of ether oxygens (including phenoxy) is 2. The van der Waals surface area contributed by atoms with Crippen LogP contribution in [-0.2, 0) is 16.4 Å². The highest BCUT2D eigenvalue weighted by atomic mass is 35.5. The summed E-state index contributed by atoms with van der Waals surface area (Å²) in [4.78, 5) is 16.1. The van der Waals surface area contributed by atoms with Crippen LogP contribution in [0.15, 0.2) is 66.7 Å². The number of fused-ring (bicyclic) bond motifs is 1. The number of halogens is 1. The van der Waals surface area contributed by atoms with Crippen molar-refractivity contribution in [1.29, 1.82) is 0 Å². The number of H-pyrrole nitrogens is 1. The smallest absolute Gasteiger partial charge is 0.281 e. The number of carbonyl (C=O) groups is 1. The Morgan fingerprint density at radius 1 is 0.973 bits per heavy atom. The van der Waals surface area contributed by atoms with Gasteiger partial charge in [0.15, 0.2) is 0 Å². The molecule has 0 spiro atoms. The molecule has 2 N–H and O–H groups in total. The van der Waals surface area contributed by atoms with Gasteiger partial charge in [0.2, 0.25) is 10.0 Å².